The molecule has 5 nitrogen and oxygen atoms in total. The molecule has 1 heterocycles. The highest BCUT2D eigenvalue weighted by molar-refractivity contribution is 7.89. The number of aromatic nitrogens is 2. The van der Waals surface area contributed by atoms with Crippen molar-refractivity contribution in [3.63, 3.8) is 0 Å². The van der Waals surface area contributed by atoms with Crippen LogP contribution in [0.4, 0.5) is 0 Å². The topological polar surface area (TPSA) is 78.0 Å². The van der Waals surface area contributed by atoms with Crippen molar-refractivity contribution in [3.8, 4) is 0 Å². The van der Waals surface area contributed by atoms with E-state index in [9.17, 15) is 8.42 Å². The number of aryl methyl sites for hydroxylation is 1. The molecule has 0 unspecified atom stereocenters. The minimum Gasteiger partial charge on any atom is -0.328 e. The number of hydrogen-bond donors (Lipinski definition) is 1. The first-order valence-electron chi connectivity index (χ1n) is 6.18. The van der Waals surface area contributed by atoms with Crippen LogP contribution < -0.4 is 5.14 Å². The Balaban J connectivity index is 2.77. The van der Waals surface area contributed by atoms with Gasteiger partial charge in [-0.3, -0.25) is 0 Å². The van der Waals surface area contributed by atoms with Crippen molar-refractivity contribution < 1.29 is 8.42 Å². The molecule has 0 aliphatic rings. The number of rotatable bonds is 2. The molecule has 2 aromatic rings. The van der Waals surface area contributed by atoms with Crippen molar-refractivity contribution in [2.24, 2.45) is 5.14 Å². The molecule has 104 valence electrons. The minimum atomic E-state index is -3.69. The first-order valence-corrected chi connectivity index (χ1v) is 7.73. The summed E-state index contributed by atoms with van der Waals surface area (Å²) in [5, 5.41) is 5.15. The van der Waals surface area contributed by atoms with Crippen LogP contribution in [0.3, 0.4) is 0 Å². The molecule has 0 aliphatic carbocycles. The van der Waals surface area contributed by atoms with E-state index in [1.54, 1.807) is 6.07 Å². The second-order valence-electron chi connectivity index (χ2n) is 5.63. The van der Waals surface area contributed by atoms with E-state index in [-0.39, 0.29) is 10.3 Å². The summed E-state index contributed by atoms with van der Waals surface area (Å²) in [6.45, 7) is 9.09. The third-order valence-electron chi connectivity index (χ3n) is 3.04. The van der Waals surface area contributed by atoms with Gasteiger partial charge in [0.25, 0.3) is 0 Å². The lowest BCUT2D eigenvalue weighted by atomic mass is 9.96. The van der Waals surface area contributed by atoms with Crippen LogP contribution in [0, 0.1) is 0 Å². The summed E-state index contributed by atoms with van der Waals surface area (Å²) in [6, 6.07) is 4.82. The summed E-state index contributed by atoms with van der Waals surface area (Å²) in [7, 11) is -3.69. The molecule has 0 radical (unpaired) electrons. The molecule has 0 atom stereocenters. The molecule has 0 spiro atoms. The number of nitrogens with zero attached hydrogens (tertiary/aromatic N) is 2. The van der Waals surface area contributed by atoms with Gasteiger partial charge in [-0.2, -0.15) is 0 Å². The lowest BCUT2D eigenvalue weighted by Crippen LogP contribution is -2.18. The number of primary sulfonamides is 1. The number of benzene rings is 1. The normalized spacial score (nSPS) is 13.1. The highest BCUT2D eigenvalue weighted by atomic mass is 32.2. The molecule has 0 aliphatic heterocycles. The monoisotopic (exact) mass is 281 g/mol. The number of nitrogens with two attached hydrogens (primary N) is 1. The molecule has 19 heavy (non-hydrogen) atoms. The quantitative estimate of drug-likeness (QED) is 0.914. The second-order valence-corrected chi connectivity index (χ2v) is 7.19. The van der Waals surface area contributed by atoms with E-state index in [2.05, 4.69) is 30.3 Å². The standard InChI is InChI=1S/C13H19N3O2S/c1-5-16-11-7-6-9(19(14,17)18)8-10(11)15-12(16)13(2,3)4/h6-8H,5H2,1-4H3,(H2,14,17,18). The SMILES string of the molecule is CCn1c(C(C)(C)C)nc2cc(S(N)(=O)=O)ccc21. The Kier molecular flexibility index (Phi) is 3.18. The maximum absolute atomic E-state index is 11.4. The maximum atomic E-state index is 11.4. The fourth-order valence-electron chi connectivity index (χ4n) is 2.18. The third-order valence-corrected chi connectivity index (χ3v) is 3.95. The van der Waals surface area contributed by atoms with Crippen LogP contribution in [0.5, 0.6) is 0 Å². The average Bonchev–Trinajstić information content (AvgIpc) is 2.64. The zero-order valence-electron chi connectivity index (χ0n) is 11.6. The van der Waals surface area contributed by atoms with Gasteiger partial charge in [0, 0.05) is 12.0 Å². The first-order chi connectivity index (χ1) is 8.64. The predicted molar refractivity (Wildman–Crippen MR) is 75.5 cm³/mol. The van der Waals surface area contributed by atoms with Crippen molar-refractivity contribution in [2.75, 3.05) is 0 Å². The minimum absolute atomic E-state index is 0.0983. The van der Waals surface area contributed by atoms with Crippen LogP contribution in [0.15, 0.2) is 23.1 Å². The summed E-state index contributed by atoms with van der Waals surface area (Å²) in [6.07, 6.45) is 0. The molecule has 0 amide bonds. The van der Waals surface area contributed by atoms with Crippen LogP contribution in [-0.2, 0) is 22.0 Å². The van der Waals surface area contributed by atoms with Gasteiger partial charge in [-0.1, -0.05) is 20.8 Å². The number of sulfonamides is 1. The fraction of sp³-hybridized carbons (Fsp3) is 0.462. The largest absolute Gasteiger partial charge is 0.328 e. The van der Waals surface area contributed by atoms with Crippen molar-refractivity contribution in [3.05, 3.63) is 24.0 Å². The van der Waals surface area contributed by atoms with Crippen LogP contribution in [0.25, 0.3) is 11.0 Å². The van der Waals surface area contributed by atoms with E-state index < -0.39 is 10.0 Å². The number of hydrogen-bond acceptors (Lipinski definition) is 3. The van der Waals surface area contributed by atoms with E-state index in [4.69, 9.17) is 5.14 Å². The Morgan fingerprint density at radius 2 is 1.95 bits per heavy atom. The van der Waals surface area contributed by atoms with E-state index in [1.165, 1.54) is 12.1 Å². The predicted octanol–water partition coefficient (Wildman–Crippen LogP) is 2.00. The van der Waals surface area contributed by atoms with E-state index in [0.29, 0.717) is 5.52 Å². The molecular weight excluding hydrogens is 262 g/mol. The van der Waals surface area contributed by atoms with Gasteiger partial charge in [0.05, 0.1) is 15.9 Å². The zero-order valence-corrected chi connectivity index (χ0v) is 12.5. The Hall–Kier alpha value is -1.40. The van der Waals surface area contributed by atoms with E-state index in [0.717, 1.165) is 17.9 Å². The van der Waals surface area contributed by atoms with E-state index >= 15 is 0 Å². The van der Waals surface area contributed by atoms with Crippen LogP contribution in [0.1, 0.15) is 33.5 Å². The number of imidazole rings is 1. The van der Waals surface area contributed by atoms with Gasteiger partial charge < -0.3 is 4.57 Å². The molecule has 0 bridgehead atoms. The molecule has 1 aromatic carbocycles. The Bertz CT molecular complexity index is 724. The fourth-order valence-corrected chi connectivity index (χ4v) is 2.71. The molecule has 2 rings (SSSR count). The van der Waals surface area contributed by atoms with E-state index in [1.807, 2.05) is 6.92 Å². The Labute approximate surface area is 113 Å². The molecule has 2 N–H and O–H groups in total. The average molecular weight is 281 g/mol. The molecular formula is C13H19N3O2S. The van der Waals surface area contributed by atoms with Gasteiger partial charge in [-0.25, -0.2) is 18.5 Å². The summed E-state index contributed by atoms with van der Waals surface area (Å²) < 4.78 is 24.9. The highest BCUT2D eigenvalue weighted by Crippen LogP contribution is 2.27. The van der Waals surface area contributed by atoms with Gasteiger partial charge >= 0.3 is 0 Å². The summed E-state index contributed by atoms with van der Waals surface area (Å²) in [5.74, 6) is 0.941. The van der Waals surface area contributed by atoms with Crippen LogP contribution in [-0.4, -0.2) is 18.0 Å². The van der Waals surface area contributed by atoms with Gasteiger partial charge in [0.1, 0.15) is 5.82 Å². The van der Waals surface area contributed by atoms with Crippen LogP contribution >= 0.6 is 0 Å². The molecule has 0 saturated carbocycles. The second kappa shape index (κ2) is 4.31. The molecule has 6 heteroatoms. The van der Waals surface area contributed by atoms with Gasteiger partial charge in [-0.05, 0) is 25.1 Å². The summed E-state index contributed by atoms with van der Waals surface area (Å²) >= 11 is 0. The van der Waals surface area contributed by atoms with Gasteiger partial charge in [0.15, 0.2) is 0 Å². The highest BCUT2D eigenvalue weighted by Gasteiger charge is 2.22. The maximum Gasteiger partial charge on any atom is 0.238 e. The van der Waals surface area contributed by atoms with Gasteiger partial charge in [-0.15, -0.1) is 0 Å². The van der Waals surface area contributed by atoms with Crippen LogP contribution in [0.2, 0.25) is 0 Å². The summed E-state index contributed by atoms with van der Waals surface area (Å²) in [5.41, 5.74) is 1.50. The Morgan fingerprint density at radius 1 is 1.32 bits per heavy atom. The van der Waals surface area contributed by atoms with Crippen molar-refractivity contribution >= 4 is 21.1 Å². The van der Waals surface area contributed by atoms with Crippen molar-refractivity contribution in [2.45, 2.75) is 44.6 Å². The zero-order chi connectivity index (χ0) is 14.4. The number of fused-ring (bicyclic) bond motifs is 1. The lowest BCUT2D eigenvalue weighted by Gasteiger charge is -2.19. The molecule has 0 fully saturated rings. The lowest BCUT2D eigenvalue weighted by molar-refractivity contribution is 0.512. The first kappa shape index (κ1) is 14.0. The summed E-state index contributed by atoms with van der Waals surface area (Å²) in [4.78, 5) is 4.67. The molecule has 0 saturated heterocycles. The van der Waals surface area contributed by atoms with Gasteiger partial charge in [0.2, 0.25) is 10.0 Å². The van der Waals surface area contributed by atoms with Crippen molar-refractivity contribution in [1.29, 1.82) is 0 Å². The third kappa shape index (κ3) is 2.50. The smallest absolute Gasteiger partial charge is 0.238 e. The Morgan fingerprint density at radius 3 is 2.42 bits per heavy atom. The van der Waals surface area contributed by atoms with Crippen molar-refractivity contribution in [1.82, 2.24) is 9.55 Å². The molecule has 1 aromatic heterocycles.